The Morgan fingerprint density at radius 1 is 0.647 bits per heavy atom. The Balaban J connectivity index is 1.74. The van der Waals surface area contributed by atoms with Gasteiger partial charge in [0.05, 0.1) is 12.2 Å². The molecule has 2 heteroatoms. The number of hydrogen-bond donors (Lipinski definition) is 2. The van der Waals surface area contributed by atoms with Gasteiger partial charge in [0.25, 0.3) is 0 Å². The third kappa shape index (κ3) is 3.96. The van der Waals surface area contributed by atoms with Crippen LogP contribution in [-0.2, 0) is 0 Å². The molecule has 0 saturated heterocycles. The molecule has 0 unspecified atom stereocenters. The van der Waals surface area contributed by atoms with Gasteiger partial charge >= 0.3 is 0 Å². The maximum atomic E-state index is 10.2. The van der Waals surface area contributed by atoms with Crippen LogP contribution in [-0.4, -0.2) is 22.4 Å². The predicted molar refractivity (Wildman–Crippen MR) is 69.8 cm³/mol. The second-order valence-electron chi connectivity index (χ2n) is 6.17. The van der Waals surface area contributed by atoms with Gasteiger partial charge < -0.3 is 10.2 Å². The fraction of sp³-hybridized carbons (Fsp3) is 1.00. The Morgan fingerprint density at radius 2 is 1.00 bits per heavy atom. The molecule has 0 aliphatic heterocycles. The van der Waals surface area contributed by atoms with E-state index in [1.54, 1.807) is 0 Å². The standard InChI is InChI=1S/C15H28O2/c16-14(12-7-3-1-4-8-12)11-15(17)13-9-5-2-6-10-13/h12-17H,1-11H2/t14-,15-/m0/s1. The van der Waals surface area contributed by atoms with Gasteiger partial charge in [-0.1, -0.05) is 38.5 Å². The first kappa shape index (κ1) is 13.4. The van der Waals surface area contributed by atoms with Crippen molar-refractivity contribution < 1.29 is 10.2 Å². The lowest BCUT2D eigenvalue weighted by atomic mass is 9.79. The summed E-state index contributed by atoms with van der Waals surface area (Å²) >= 11 is 0. The number of rotatable bonds is 4. The van der Waals surface area contributed by atoms with Gasteiger partial charge in [-0.05, 0) is 43.9 Å². The zero-order valence-electron chi connectivity index (χ0n) is 11.0. The molecule has 0 aromatic carbocycles. The van der Waals surface area contributed by atoms with Crippen LogP contribution in [0.3, 0.4) is 0 Å². The van der Waals surface area contributed by atoms with Gasteiger partial charge in [0.15, 0.2) is 0 Å². The van der Waals surface area contributed by atoms with Crippen LogP contribution in [0.4, 0.5) is 0 Å². The van der Waals surface area contributed by atoms with Gasteiger partial charge in [-0.2, -0.15) is 0 Å². The van der Waals surface area contributed by atoms with Crippen LogP contribution in [0.15, 0.2) is 0 Å². The Kier molecular flexibility index (Phi) is 5.30. The van der Waals surface area contributed by atoms with Crippen molar-refractivity contribution in [3.63, 3.8) is 0 Å². The lowest BCUT2D eigenvalue weighted by Crippen LogP contribution is -2.32. The predicted octanol–water partition coefficient (Wildman–Crippen LogP) is 3.26. The zero-order valence-corrected chi connectivity index (χ0v) is 11.0. The second-order valence-corrected chi connectivity index (χ2v) is 6.17. The summed E-state index contributed by atoms with van der Waals surface area (Å²) in [4.78, 5) is 0. The second kappa shape index (κ2) is 6.75. The van der Waals surface area contributed by atoms with Crippen molar-refractivity contribution in [1.29, 1.82) is 0 Å². The van der Waals surface area contributed by atoms with Crippen molar-refractivity contribution in [2.75, 3.05) is 0 Å². The number of hydrogen-bond acceptors (Lipinski definition) is 2. The molecule has 2 atom stereocenters. The summed E-state index contributed by atoms with van der Waals surface area (Å²) in [5, 5.41) is 20.4. The highest BCUT2D eigenvalue weighted by atomic mass is 16.3. The number of aliphatic hydroxyl groups excluding tert-OH is 2. The van der Waals surface area contributed by atoms with E-state index < -0.39 is 0 Å². The van der Waals surface area contributed by atoms with E-state index in [-0.39, 0.29) is 12.2 Å². The average molecular weight is 240 g/mol. The summed E-state index contributed by atoms with van der Waals surface area (Å²) in [6, 6.07) is 0. The quantitative estimate of drug-likeness (QED) is 0.792. The molecule has 0 aromatic rings. The minimum Gasteiger partial charge on any atom is -0.393 e. The van der Waals surface area contributed by atoms with E-state index in [1.807, 2.05) is 0 Å². The molecular formula is C15H28O2. The molecule has 100 valence electrons. The van der Waals surface area contributed by atoms with E-state index in [1.165, 1.54) is 64.2 Å². The van der Waals surface area contributed by atoms with Crippen molar-refractivity contribution in [2.24, 2.45) is 11.8 Å². The SMILES string of the molecule is O[C@@H](C[C@H](O)C1CCCCC1)C1CCCCC1. The maximum absolute atomic E-state index is 10.2. The topological polar surface area (TPSA) is 40.5 Å². The van der Waals surface area contributed by atoms with E-state index in [2.05, 4.69) is 0 Å². The molecular weight excluding hydrogens is 212 g/mol. The lowest BCUT2D eigenvalue weighted by molar-refractivity contribution is 0.000803. The molecule has 0 radical (unpaired) electrons. The smallest absolute Gasteiger partial charge is 0.0593 e. The highest BCUT2D eigenvalue weighted by Crippen LogP contribution is 2.32. The molecule has 2 N–H and O–H groups in total. The van der Waals surface area contributed by atoms with Gasteiger partial charge in [-0.3, -0.25) is 0 Å². The van der Waals surface area contributed by atoms with Gasteiger partial charge in [0, 0.05) is 0 Å². The summed E-state index contributed by atoms with van der Waals surface area (Å²) in [5.74, 6) is 0.920. The third-order valence-corrected chi connectivity index (χ3v) is 4.87. The van der Waals surface area contributed by atoms with Crippen LogP contribution in [0.25, 0.3) is 0 Å². The van der Waals surface area contributed by atoms with Crippen LogP contribution >= 0.6 is 0 Å². The van der Waals surface area contributed by atoms with Gasteiger partial charge in [-0.25, -0.2) is 0 Å². The fourth-order valence-electron chi connectivity index (χ4n) is 3.67. The lowest BCUT2D eigenvalue weighted by Gasteiger charge is -2.32. The van der Waals surface area contributed by atoms with Gasteiger partial charge in [-0.15, -0.1) is 0 Å². The molecule has 2 nitrogen and oxygen atoms in total. The van der Waals surface area contributed by atoms with Gasteiger partial charge in [0.2, 0.25) is 0 Å². The van der Waals surface area contributed by atoms with E-state index in [0.717, 1.165) is 0 Å². The highest BCUT2D eigenvalue weighted by Gasteiger charge is 2.28. The molecule has 2 rings (SSSR count). The minimum atomic E-state index is -0.257. The summed E-state index contributed by atoms with van der Waals surface area (Å²) in [6.07, 6.45) is 12.5. The molecule has 0 bridgehead atoms. The Hall–Kier alpha value is -0.0800. The van der Waals surface area contributed by atoms with Crippen LogP contribution in [0, 0.1) is 11.8 Å². The van der Waals surface area contributed by atoms with Crippen LogP contribution < -0.4 is 0 Å². The average Bonchev–Trinajstić information content (AvgIpc) is 2.40. The molecule has 2 fully saturated rings. The fourth-order valence-corrected chi connectivity index (χ4v) is 3.67. The van der Waals surface area contributed by atoms with E-state index in [0.29, 0.717) is 18.3 Å². The molecule has 0 spiro atoms. The van der Waals surface area contributed by atoms with Crippen LogP contribution in [0.2, 0.25) is 0 Å². The van der Waals surface area contributed by atoms with Gasteiger partial charge in [0.1, 0.15) is 0 Å². The van der Waals surface area contributed by atoms with E-state index >= 15 is 0 Å². The first-order valence-corrected chi connectivity index (χ1v) is 7.63. The summed E-state index contributed by atoms with van der Waals surface area (Å²) < 4.78 is 0. The molecule has 17 heavy (non-hydrogen) atoms. The van der Waals surface area contributed by atoms with Crippen molar-refractivity contribution in [3.05, 3.63) is 0 Å². The molecule has 2 aliphatic rings. The van der Waals surface area contributed by atoms with Crippen molar-refractivity contribution >= 4 is 0 Å². The Morgan fingerprint density at radius 3 is 1.35 bits per heavy atom. The molecule has 0 aromatic heterocycles. The summed E-state index contributed by atoms with van der Waals surface area (Å²) in [6.45, 7) is 0. The van der Waals surface area contributed by atoms with E-state index in [4.69, 9.17) is 0 Å². The Bertz CT molecular complexity index is 183. The monoisotopic (exact) mass is 240 g/mol. The Labute approximate surface area is 105 Å². The molecule has 0 amide bonds. The minimum absolute atomic E-state index is 0.257. The zero-order chi connectivity index (χ0) is 12.1. The van der Waals surface area contributed by atoms with E-state index in [9.17, 15) is 10.2 Å². The first-order chi connectivity index (χ1) is 8.27. The van der Waals surface area contributed by atoms with Crippen molar-refractivity contribution in [2.45, 2.75) is 82.8 Å². The molecule has 2 saturated carbocycles. The summed E-state index contributed by atoms with van der Waals surface area (Å²) in [5.41, 5.74) is 0. The van der Waals surface area contributed by atoms with Crippen LogP contribution in [0.5, 0.6) is 0 Å². The number of aliphatic hydroxyl groups is 2. The normalized spacial score (nSPS) is 27.9. The third-order valence-electron chi connectivity index (χ3n) is 4.87. The van der Waals surface area contributed by atoms with Crippen molar-refractivity contribution in [3.8, 4) is 0 Å². The largest absolute Gasteiger partial charge is 0.393 e. The van der Waals surface area contributed by atoms with Crippen LogP contribution in [0.1, 0.15) is 70.6 Å². The first-order valence-electron chi connectivity index (χ1n) is 7.63. The van der Waals surface area contributed by atoms with Crippen molar-refractivity contribution in [1.82, 2.24) is 0 Å². The highest BCUT2D eigenvalue weighted by molar-refractivity contribution is 4.80. The maximum Gasteiger partial charge on any atom is 0.0593 e. The summed E-state index contributed by atoms with van der Waals surface area (Å²) in [7, 11) is 0. The molecule has 0 heterocycles. The molecule has 2 aliphatic carbocycles.